The molecule has 8 nitrogen and oxygen atoms in total. The second-order valence-electron chi connectivity index (χ2n) is 4.19. The molecule has 0 fully saturated rings. The van der Waals surface area contributed by atoms with E-state index in [1.165, 1.54) is 0 Å². The van der Waals surface area contributed by atoms with Crippen molar-refractivity contribution in [1.82, 2.24) is 15.2 Å². The molecule has 0 unspecified atom stereocenters. The molecule has 1 aliphatic rings. The number of H-pyrrole nitrogens is 1. The number of nitrogens with one attached hydrogen (secondary N) is 2. The van der Waals surface area contributed by atoms with Crippen LogP contribution in [0.15, 0.2) is 26.5 Å². The standard InChI is InChI=1S/C12H10BrN5O3/c1-6-11(19)15-12(18-16-6)17-14-4-7-2-8(13)10-9(3-7)20-5-21-10/h2-4H,5H2,1H3,(H2,15,17,18,19)/b14-4-. The molecule has 21 heavy (non-hydrogen) atoms. The van der Waals surface area contributed by atoms with E-state index in [0.29, 0.717) is 17.2 Å². The van der Waals surface area contributed by atoms with Crippen LogP contribution >= 0.6 is 15.9 Å². The third-order valence-corrected chi connectivity index (χ3v) is 3.28. The molecule has 2 N–H and O–H groups in total. The highest BCUT2D eigenvalue weighted by Crippen LogP contribution is 2.39. The SMILES string of the molecule is Cc1nnc(N/N=C\c2cc(Br)c3c(c2)OCO3)[nH]c1=O. The lowest BCUT2D eigenvalue weighted by Crippen LogP contribution is -2.15. The van der Waals surface area contributed by atoms with E-state index in [1.807, 2.05) is 6.07 Å². The van der Waals surface area contributed by atoms with Crippen LogP contribution in [-0.2, 0) is 0 Å². The number of aromatic amines is 1. The summed E-state index contributed by atoms with van der Waals surface area (Å²) in [5, 5.41) is 11.4. The van der Waals surface area contributed by atoms with Gasteiger partial charge in [-0.3, -0.25) is 9.78 Å². The van der Waals surface area contributed by atoms with E-state index in [0.717, 1.165) is 10.0 Å². The number of fused-ring (bicyclic) bond motifs is 1. The fourth-order valence-electron chi connectivity index (χ4n) is 1.67. The molecule has 0 saturated heterocycles. The Kier molecular flexibility index (Phi) is 3.57. The van der Waals surface area contributed by atoms with Crippen molar-refractivity contribution in [2.75, 3.05) is 12.2 Å². The Bertz CT molecular complexity index is 774. The Hall–Kier alpha value is -2.42. The van der Waals surface area contributed by atoms with Gasteiger partial charge in [-0.05, 0) is 40.5 Å². The van der Waals surface area contributed by atoms with Gasteiger partial charge >= 0.3 is 0 Å². The van der Waals surface area contributed by atoms with E-state index in [1.54, 1.807) is 19.2 Å². The first-order chi connectivity index (χ1) is 10.1. The number of hydrogen-bond donors (Lipinski definition) is 2. The summed E-state index contributed by atoms with van der Waals surface area (Å²) in [7, 11) is 0. The highest BCUT2D eigenvalue weighted by Gasteiger charge is 2.17. The summed E-state index contributed by atoms with van der Waals surface area (Å²) in [5.41, 5.74) is 3.38. The van der Waals surface area contributed by atoms with Gasteiger partial charge in [-0.1, -0.05) is 0 Å². The van der Waals surface area contributed by atoms with E-state index in [-0.39, 0.29) is 18.3 Å². The lowest BCUT2D eigenvalue weighted by Gasteiger charge is -2.01. The van der Waals surface area contributed by atoms with Crippen molar-refractivity contribution < 1.29 is 9.47 Å². The van der Waals surface area contributed by atoms with Crippen LogP contribution in [0, 0.1) is 6.92 Å². The number of aryl methyl sites for hydroxylation is 1. The molecule has 0 radical (unpaired) electrons. The number of anilines is 1. The molecule has 108 valence electrons. The summed E-state index contributed by atoms with van der Waals surface area (Å²) in [5.74, 6) is 1.49. The second-order valence-corrected chi connectivity index (χ2v) is 5.05. The average Bonchev–Trinajstić information content (AvgIpc) is 2.92. The number of ether oxygens (including phenoxy) is 2. The monoisotopic (exact) mass is 351 g/mol. The number of halogens is 1. The lowest BCUT2D eigenvalue weighted by atomic mass is 10.2. The third kappa shape index (κ3) is 2.87. The number of nitrogens with zero attached hydrogens (tertiary/aromatic N) is 3. The van der Waals surface area contributed by atoms with Crippen LogP contribution in [0.5, 0.6) is 11.5 Å². The first-order valence-corrected chi connectivity index (χ1v) is 6.74. The topological polar surface area (TPSA) is 101 Å². The van der Waals surface area contributed by atoms with Gasteiger partial charge in [0.2, 0.25) is 12.7 Å². The van der Waals surface area contributed by atoms with Crippen LogP contribution in [0.2, 0.25) is 0 Å². The summed E-state index contributed by atoms with van der Waals surface area (Å²) in [6.07, 6.45) is 1.56. The van der Waals surface area contributed by atoms with E-state index in [9.17, 15) is 4.79 Å². The Morgan fingerprint density at radius 3 is 3.10 bits per heavy atom. The third-order valence-electron chi connectivity index (χ3n) is 2.69. The molecular formula is C12H10BrN5O3. The van der Waals surface area contributed by atoms with Gasteiger partial charge in [0.25, 0.3) is 5.56 Å². The Balaban J connectivity index is 1.76. The molecule has 1 aromatic carbocycles. The molecule has 1 aromatic heterocycles. The van der Waals surface area contributed by atoms with E-state index >= 15 is 0 Å². The molecule has 2 aromatic rings. The molecule has 3 rings (SSSR count). The van der Waals surface area contributed by atoms with E-state index < -0.39 is 0 Å². The summed E-state index contributed by atoms with van der Waals surface area (Å²) >= 11 is 3.40. The molecule has 0 atom stereocenters. The fourth-order valence-corrected chi connectivity index (χ4v) is 2.25. The Morgan fingerprint density at radius 1 is 1.43 bits per heavy atom. The zero-order valence-corrected chi connectivity index (χ0v) is 12.5. The van der Waals surface area contributed by atoms with Gasteiger partial charge in [-0.25, -0.2) is 5.43 Å². The van der Waals surface area contributed by atoms with Gasteiger partial charge in [0.05, 0.1) is 10.7 Å². The first-order valence-electron chi connectivity index (χ1n) is 5.95. The molecule has 0 amide bonds. The molecule has 0 spiro atoms. The molecule has 0 saturated carbocycles. The highest BCUT2D eigenvalue weighted by atomic mass is 79.9. The maximum atomic E-state index is 11.4. The van der Waals surface area contributed by atoms with Crippen molar-refractivity contribution in [2.24, 2.45) is 5.10 Å². The van der Waals surface area contributed by atoms with Gasteiger partial charge in [-0.2, -0.15) is 5.10 Å². The van der Waals surface area contributed by atoms with Crippen molar-refractivity contribution in [3.63, 3.8) is 0 Å². The number of benzene rings is 1. The van der Waals surface area contributed by atoms with Gasteiger partial charge in [0, 0.05) is 0 Å². The van der Waals surface area contributed by atoms with Crippen molar-refractivity contribution in [3.05, 3.63) is 38.2 Å². The number of hydrogen-bond acceptors (Lipinski definition) is 7. The molecule has 0 aliphatic carbocycles. The van der Waals surface area contributed by atoms with Crippen LogP contribution in [0.1, 0.15) is 11.3 Å². The molecule has 1 aliphatic heterocycles. The maximum absolute atomic E-state index is 11.4. The zero-order chi connectivity index (χ0) is 14.8. The molecule has 0 bridgehead atoms. The van der Waals surface area contributed by atoms with Gasteiger partial charge in [0.15, 0.2) is 11.5 Å². The van der Waals surface area contributed by atoms with Gasteiger partial charge < -0.3 is 9.47 Å². The van der Waals surface area contributed by atoms with Crippen LogP contribution in [0.4, 0.5) is 5.95 Å². The van der Waals surface area contributed by atoms with Crippen LogP contribution in [0.3, 0.4) is 0 Å². The number of hydrazone groups is 1. The Morgan fingerprint density at radius 2 is 2.29 bits per heavy atom. The van der Waals surface area contributed by atoms with Crippen LogP contribution < -0.4 is 20.5 Å². The normalized spacial score (nSPS) is 12.9. The smallest absolute Gasteiger partial charge is 0.274 e. The van der Waals surface area contributed by atoms with Crippen molar-refractivity contribution >= 4 is 28.1 Å². The average molecular weight is 352 g/mol. The minimum Gasteiger partial charge on any atom is -0.454 e. The predicted octanol–water partition coefficient (Wildman–Crippen LogP) is 1.41. The minimum atomic E-state index is -0.312. The molecule has 2 heterocycles. The van der Waals surface area contributed by atoms with E-state index in [2.05, 4.69) is 41.6 Å². The summed E-state index contributed by atoms with van der Waals surface area (Å²) in [6, 6.07) is 3.63. The van der Waals surface area contributed by atoms with Gasteiger partial charge in [0.1, 0.15) is 5.69 Å². The lowest BCUT2D eigenvalue weighted by molar-refractivity contribution is 0.173. The second kappa shape index (κ2) is 5.52. The maximum Gasteiger partial charge on any atom is 0.274 e. The minimum absolute atomic E-state index is 0.168. The summed E-state index contributed by atoms with van der Waals surface area (Å²) < 4.78 is 11.4. The quantitative estimate of drug-likeness (QED) is 0.640. The first kappa shape index (κ1) is 13.6. The fraction of sp³-hybridized carbons (Fsp3) is 0.167. The van der Waals surface area contributed by atoms with Gasteiger partial charge in [-0.15, -0.1) is 10.2 Å². The predicted molar refractivity (Wildman–Crippen MR) is 78.9 cm³/mol. The summed E-state index contributed by atoms with van der Waals surface area (Å²) in [6.45, 7) is 1.77. The zero-order valence-electron chi connectivity index (χ0n) is 10.9. The van der Waals surface area contributed by atoms with Crippen molar-refractivity contribution in [1.29, 1.82) is 0 Å². The number of aromatic nitrogens is 3. The molecular weight excluding hydrogens is 342 g/mol. The number of rotatable bonds is 3. The highest BCUT2D eigenvalue weighted by molar-refractivity contribution is 9.10. The van der Waals surface area contributed by atoms with Crippen molar-refractivity contribution in [3.8, 4) is 11.5 Å². The van der Waals surface area contributed by atoms with Crippen LogP contribution in [0.25, 0.3) is 0 Å². The van der Waals surface area contributed by atoms with Crippen molar-refractivity contribution in [2.45, 2.75) is 6.92 Å². The summed E-state index contributed by atoms with van der Waals surface area (Å²) in [4.78, 5) is 13.9. The largest absolute Gasteiger partial charge is 0.454 e. The Labute approximate surface area is 127 Å². The molecule has 9 heteroatoms. The van der Waals surface area contributed by atoms with Crippen LogP contribution in [-0.4, -0.2) is 28.2 Å². The van der Waals surface area contributed by atoms with E-state index in [4.69, 9.17) is 9.47 Å².